The van der Waals surface area contributed by atoms with Gasteiger partial charge in [0.15, 0.2) is 0 Å². The fraction of sp³-hybridized carbons (Fsp3) is 0.615. The molecule has 3 nitrogen and oxygen atoms in total. The van der Waals surface area contributed by atoms with E-state index in [1.54, 1.807) is 0 Å². The van der Waals surface area contributed by atoms with Crippen molar-refractivity contribution in [2.24, 2.45) is 5.92 Å². The Kier molecular flexibility index (Phi) is 3.91. The van der Waals surface area contributed by atoms with Gasteiger partial charge in [-0.3, -0.25) is 9.88 Å². The molecule has 2 rings (SSSR count). The van der Waals surface area contributed by atoms with Gasteiger partial charge in [0, 0.05) is 25.4 Å². The van der Waals surface area contributed by atoms with Gasteiger partial charge in [-0.2, -0.15) is 0 Å². The molecule has 1 N–H and O–H groups in total. The molecular formula is C13H20N2O. The number of piperidine rings is 1. The summed E-state index contributed by atoms with van der Waals surface area (Å²) in [6.07, 6.45) is 4.18. The zero-order valence-electron chi connectivity index (χ0n) is 9.84. The van der Waals surface area contributed by atoms with E-state index in [0.29, 0.717) is 18.6 Å². The first-order chi connectivity index (χ1) is 7.81. The highest BCUT2D eigenvalue weighted by Gasteiger charge is 2.24. The van der Waals surface area contributed by atoms with Crippen LogP contribution in [0.15, 0.2) is 24.4 Å². The smallest absolute Gasteiger partial charge is 0.0572 e. The molecule has 0 unspecified atom stereocenters. The van der Waals surface area contributed by atoms with Crippen molar-refractivity contribution < 1.29 is 5.11 Å². The Morgan fingerprint density at radius 3 is 3.12 bits per heavy atom. The van der Waals surface area contributed by atoms with Crippen LogP contribution in [0.5, 0.6) is 0 Å². The zero-order chi connectivity index (χ0) is 11.4. The van der Waals surface area contributed by atoms with Gasteiger partial charge in [-0.1, -0.05) is 6.07 Å². The molecule has 3 heteroatoms. The third-order valence-corrected chi connectivity index (χ3v) is 3.47. The summed E-state index contributed by atoms with van der Waals surface area (Å²) in [5, 5.41) is 9.22. The van der Waals surface area contributed by atoms with Crippen LogP contribution in [0.4, 0.5) is 0 Å². The van der Waals surface area contributed by atoms with Gasteiger partial charge in [-0.05, 0) is 44.4 Å². The number of likely N-dealkylation sites (tertiary alicyclic amines) is 1. The molecule has 0 spiro atoms. The van der Waals surface area contributed by atoms with Gasteiger partial charge in [0.25, 0.3) is 0 Å². The fourth-order valence-corrected chi connectivity index (χ4v) is 2.41. The first kappa shape index (κ1) is 11.6. The van der Waals surface area contributed by atoms with Crippen molar-refractivity contribution in [1.82, 2.24) is 9.88 Å². The molecule has 2 heterocycles. The Morgan fingerprint density at radius 1 is 1.56 bits per heavy atom. The minimum Gasteiger partial charge on any atom is -0.396 e. The number of aromatic nitrogens is 1. The largest absolute Gasteiger partial charge is 0.396 e. The van der Waals surface area contributed by atoms with Crippen molar-refractivity contribution in [3.05, 3.63) is 30.1 Å². The molecule has 0 bridgehead atoms. The van der Waals surface area contributed by atoms with Gasteiger partial charge in [-0.25, -0.2) is 0 Å². The molecule has 1 fully saturated rings. The molecule has 1 aromatic heterocycles. The maximum atomic E-state index is 9.22. The van der Waals surface area contributed by atoms with Crippen LogP contribution >= 0.6 is 0 Å². The SMILES string of the molecule is C[C@@H](c1ccccn1)N1CCC[C@@H](CO)C1. The summed E-state index contributed by atoms with van der Waals surface area (Å²) in [5.41, 5.74) is 1.13. The van der Waals surface area contributed by atoms with Crippen molar-refractivity contribution in [3.8, 4) is 0 Å². The van der Waals surface area contributed by atoms with Gasteiger partial charge in [0.1, 0.15) is 0 Å². The molecule has 1 aliphatic rings. The first-order valence-corrected chi connectivity index (χ1v) is 6.07. The summed E-state index contributed by atoms with van der Waals surface area (Å²) < 4.78 is 0. The van der Waals surface area contributed by atoms with Crippen molar-refractivity contribution in [3.63, 3.8) is 0 Å². The Balaban J connectivity index is 2.01. The molecule has 2 atom stereocenters. The van der Waals surface area contributed by atoms with Crippen LogP contribution in [-0.2, 0) is 0 Å². The average molecular weight is 220 g/mol. The zero-order valence-corrected chi connectivity index (χ0v) is 9.84. The van der Waals surface area contributed by atoms with E-state index in [9.17, 15) is 5.11 Å². The van der Waals surface area contributed by atoms with Crippen molar-refractivity contribution in [2.45, 2.75) is 25.8 Å². The average Bonchev–Trinajstić information content (AvgIpc) is 2.39. The molecule has 0 saturated carbocycles. The lowest BCUT2D eigenvalue weighted by atomic mass is 9.97. The second-order valence-corrected chi connectivity index (χ2v) is 4.62. The minimum absolute atomic E-state index is 0.311. The first-order valence-electron chi connectivity index (χ1n) is 6.07. The van der Waals surface area contributed by atoms with E-state index in [1.165, 1.54) is 6.42 Å². The summed E-state index contributed by atoms with van der Waals surface area (Å²) in [6.45, 7) is 4.62. The fourth-order valence-electron chi connectivity index (χ4n) is 2.41. The van der Waals surface area contributed by atoms with Gasteiger partial charge < -0.3 is 5.11 Å². The van der Waals surface area contributed by atoms with Crippen molar-refractivity contribution in [2.75, 3.05) is 19.7 Å². The highest BCUT2D eigenvalue weighted by atomic mass is 16.3. The standard InChI is InChI=1S/C13H20N2O/c1-11(13-6-2-3-7-14-13)15-8-4-5-12(9-15)10-16/h2-3,6-7,11-12,16H,4-5,8-10H2,1H3/t11-,12+/m0/s1. The molecule has 1 saturated heterocycles. The van der Waals surface area contributed by atoms with Gasteiger partial charge in [-0.15, -0.1) is 0 Å². The van der Waals surface area contributed by atoms with Crippen LogP contribution in [-0.4, -0.2) is 34.7 Å². The predicted octanol–water partition coefficient (Wildman–Crippen LogP) is 1.85. The highest BCUT2D eigenvalue weighted by Crippen LogP contribution is 2.24. The normalized spacial score (nSPS) is 24.2. The topological polar surface area (TPSA) is 36.4 Å². The van der Waals surface area contributed by atoms with E-state index in [0.717, 1.165) is 25.2 Å². The van der Waals surface area contributed by atoms with Gasteiger partial charge in [0.05, 0.1) is 5.69 Å². The molecule has 16 heavy (non-hydrogen) atoms. The maximum Gasteiger partial charge on any atom is 0.0572 e. The number of hydrogen-bond acceptors (Lipinski definition) is 3. The van der Waals surface area contributed by atoms with Crippen LogP contribution in [0.2, 0.25) is 0 Å². The molecule has 0 radical (unpaired) electrons. The molecule has 88 valence electrons. The summed E-state index contributed by atoms with van der Waals surface area (Å²) in [5.74, 6) is 0.444. The molecule has 0 amide bonds. The molecular weight excluding hydrogens is 200 g/mol. The van der Waals surface area contributed by atoms with Crippen LogP contribution in [0, 0.1) is 5.92 Å². The molecule has 1 aliphatic heterocycles. The minimum atomic E-state index is 0.311. The quantitative estimate of drug-likeness (QED) is 0.844. The van der Waals surface area contributed by atoms with Crippen LogP contribution in [0.3, 0.4) is 0 Å². The Morgan fingerprint density at radius 2 is 2.44 bits per heavy atom. The van der Waals surface area contributed by atoms with Crippen LogP contribution < -0.4 is 0 Å². The maximum absolute atomic E-state index is 9.22. The van der Waals surface area contributed by atoms with Gasteiger partial charge in [0.2, 0.25) is 0 Å². The highest BCUT2D eigenvalue weighted by molar-refractivity contribution is 5.08. The van der Waals surface area contributed by atoms with E-state index in [4.69, 9.17) is 0 Å². The lowest BCUT2D eigenvalue weighted by Crippen LogP contribution is -2.38. The number of aliphatic hydroxyl groups excluding tert-OH is 1. The summed E-state index contributed by atoms with van der Waals surface area (Å²) in [6, 6.07) is 6.42. The summed E-state index contributed by atoms with van der Waals surface area (Å²) in [4.78, 5) is 6.82. The van der Waals surface area contributed by atoms with Crippen LogP contribution in [0.1, 0.15) is 31.5 Å². The third-order valence-electron chi connectivity index (χ3n) is 3.47. The predicted molar refractivity (Wildman–Crippen MR) is 64.0 cm³/mol. The van der Waals surface area contributed by atoms with E-state index in [1.807, 2.05) is 18.3 Å². The lowest BCUT2D eigenvalue weighted by molar-refractivity contribution is 0.0922. The third kappa shape index (κ3) is 2.60. The van der Waals surface area contributed by atoms with E-state index < -0.39 is 0 Å². The van der Waals surface area contributed by atoms with E-state index in [-0.39, 0.29) is 0 Å². The number of aliphatic hydroxyl groups is 1. The van der Waals surface area contributed by atoms with E-state index >= 15 is 0 Å². The van der Waals surface area contributed by atoms with E-state index in [2.05, 4.69) is 22.9 Å². The Bertz CT molecular complexity index is 315. The second-order valence-electron chi connectivity index (χ2n) is 4.62. The molecule has 1 aromatic rings. The number of nitrogens with zero attached hydrogens (tertiary/aromatic N) is 2. The summed E-state index contributed by atoms with van der Waals surface area (Å²) in [7, 11) is 0. The monoisotopic (exact) mass is 220 g/mol. The Hall–Kier alpha value is -0.930. The molecule has 0 aliphatic carbocycles. The lowest BCUT2D eigenvalue weighted by Gasteiger charge is -2.35. The molecule has 0 aromatic carbocycles. The van der Waals surface area contributed by atoms with Crippen LogP contribution in [0.25, 0.3) is 0 Å². The van der Waals surface area contributed by atoms with Crippen molar-refractivity contribution in [1.29, 1.82) is 0 Å². The number of rotatable bonds is 3. The number of hydrogen-bond donors (Lipinski definition) is 1. The number of pyridine rings is 1. The van der Waals surface area contributed by atoms with Crippen molar-refractivity contribution >= 4 is 0 Å². The second kappa shape index (κ2) is 5.41. The Labute approximate surface area is 97.1 Å². The van der Waals surface area contributed by atoms with Gasteiger partial charge >= 0.3 is 0 Å². The summed E-state index contributed by atoms with van der Waals surface area (Å²) >= 11 is 0.